The van der Waals surface area contributed by atoms with Crippen LogP contribution in [0.2, 0.25) is 0 Å². The van der Waals surface area contributed by atoms with E-state index in [0.717, 1.165) is 16.8 Å². The molecule has 0 amide bonds. The van der Waals surface area contributed by atoms with Gasteiger partial charge in [-0.05, 0) is 12.5 Å². The van der Waals surface area contributed by atoms with Crippen LogP contribution < -0.4 is 0 Å². The second-order valence-corrected chi connectivity index (χ2v) is 2.68. The Bertz CT molecular complexity index is 364. The molecule has 2 rings (SSSR count). The number of hydrogen-bond acceptors (Lipinski definition) is 2. The smallest absolute Gasteiger partial charge is 0.131 e. The molecule has 2 aromatic rings. The van der Waals surface area contributed by atoms with Crippen molar-refractivity contribution in [2.75, 3.05) is 0 Å². The molecule has 0 spiro atoms. The van der Waals surface area contributed by atoms with Gasteiger partial charge in [0.2, 0.25) is 0 Å². The van der Waals surface area contributed by atoms with Gasteiger partial charge in [0.05, 0.1) is 5.69 Å². The van der Waals surface area contributed by atoms with Gasteiger partial charge in [-0.3, -0.25) is 0 Å². The maximum atomic E-state index is 4.85. The maximum absolute atomic E-state index is 4.85. The number of benzene rings is 1. The van der Waals surface area contributed by atoms with E-state index < -0.39 is 0 Å². The SMILES string of the molecule is Cc1nocc1-c1ccccc1. The Kier molecular flexibility index (Phi) is 1.67. The monoisotopic (exact) mass is 159 g/mol. The third-order valence-electron chi connectivity index (χ3n) is 1.83. The second-order valence-electron chi connectivity index (χ2n) is 2.68. The van der Waals surface area contributed by atoms with Gasteiger partial charge in [-0.25, -0.2) is 0 Å². The van der Waals surface area contributed by atoms with Crippen LogP contribution in [0.3, 0.4) is 0 Å². The molecule has 0 fully saturated rings. The van der Waals surface area contributed by atoms with Crippen molar-refractivity contribution in [2.24, 2.45) is 0 Å². The molecule has 0 bridgehead atoms. The third-order valence-corrected chi connectivity index (χ3v) is 1.83. The van der Waals surface area contributed by atoms with Gasteiger partial charge in [-0.2, -0.15) is 0 Å². The summed E-state index contributed by atoms with van der Waals surface area (Å²) in [5.74, 6) is 0. The molecule has 0 atom stereocenters. The summed E-state index contributed by atoms with van der Waals surface area (Å²) in [4.78, 5) is 0. The van der Waals surface area contributed by atoms with Crippen LogP contribution in [0.15, 0.2) is 41.1 Å². The average Bonchev–Trinajstić information content (AvgIpc) is 2.53. The number of hydrogen-bond donors (Lipinski definition) is 0. The topological polar surface area (TPSA) is 26.0 Å². The molecule has 0 aliphatic carbocycles. The lowest BCUT2D eigenvalue weighted by atomic mass is 10.1. The van der Waals surface area contributed by atoms with Gasteiger partial charge in [0.25, 0.3) is 0 Å². The van der Waals surface area contributed by atoms with Crippen LogP contribution in [0.5, 0.6) is 0 Å². The molecular weight excluding hydrogens is 150 g/mol. The molecule has 1 aromatic carbocycles. The average molecular weight is 159 g/mol. The lowest BCUT2D eigenvalue weighted by Crippen LogP contribution is -1.76. The van der Waals surface area contributed by atoms with Crippen molar-refractivity contribution in [1.29, 1.82) is 0 Å². The fourth-order valence-electron chi connectivity index (χ4n) is 1.19. The van der Waals surface area contributed by atoms with E-state index in [1.807, 2.05) is 37.3 Å². The lowest BCUT2D eigenvalue weighted by Gasteiger charge is -1.94. The van der Waals surface area contributed by atoms with Gasteiger partial charge in [-0.1, -0.05) is 35.5 Å². The lowest BCUT2D eigenvalue weighted by molar-refractivity contribution is 0.415. The highest BCUT2D eigenvalue weighted by Gasteiger charge is 2.03. The first-order valence-corrected chi connectivity index (χ1v) is 3.84. The highest BCUT2D eigenvalue weighted by Crippen LogP contribution is 2.21. The van der Waals surface area contributed by atoms with Crippen LogP contribution >= 0.6 is 0 Å². The van der Waals surface area contributed by atoms with Gasteiger partial charge < -0.3 is 4.52 Å². The maximum Gasteiger partial charge on any atom is 0.131 e. The molecule has 12 heavy (non-hydrogen) atoms. The standard InChI is InChI=1S/C10H9NO/c1-8-10(7-12-11-8)9-5-3-2-4-6-9/h2-7H,1H3. The first kappa shape index (κ1) is 7.10. The van der Waals surface area contributed by atoms with Crippen LogP contribution in [0.1, 0.15) is 5.69 Å². The van der Waals surface area contributed by atoms with E-state index >= 15 is 0 Å². The van der Waals surface area contributed by atoms with E-state index in [9.17, 15) is 0 Å². The van der Waals surface area contributed by atoms with Crippen molar-refractivity contribution in [3.05, 3.63) is 42.3 Å². The van der Waals surface area contributed by atoms with Crippen LogP contribution in [-0.2, 0) is 0 Å². The van der Waals surface area contributed by atoms with E-state index in [1.165, 1.54) is 0 Å². The van der Waals surface area contributed by atoms with E-state index in [-0.39, 0.29) is 0 Å². The molecule has 0 radical (unpaired) electrons. The summed E-state index contributed by atoms with van der Waals surface area (Å²) in [7, 11) is 0. The van der Waals surface area contributed by atoms with Crippen LogP contribution in [0.25, 0.3) is 11.1 Å². The van der Waals surface area contributed by atoms with Crippen molar-refractivity contribution < 1.29 is 4.52 Å². The summed E-state index contributed by atoms with van der Waals surface area (Å²) in [5, 5.41) is 3.82. The molecule has 2 nitrogen and oxygen atoms in total. The zero-order chi connectivity index (χ0) is 8.39. The molecule has 0 saturated heterocycles. The predicted octanol–water partition coefficient (Wildman–Crippen LogP) is 2.65. The summed E-state index contributed by atoms with van der Waals surface area (Å²) < 4.78 is 4.85. The number of nitrogens with zero attached hydrogens (tertiary/aromatic N) is 1. The normalized spacial score (nSPS) is 10.1. The first-order chi connectivity index (χ1) is 5.88. The van der Waals surface area contributed by atoms with E-state index in [0.29, 0.717) is 0 Å². The van der Waals surface area contributed by atoms with E-state index in [2.05, 4.69) is 5.16 Å². The molecule has 1 heterocycles. The summed E-state index contributed by atoms with van der Waals surface area (Å²) in [6, 6.07) is 10.1. The third kappa shape index (κ3) is 1.11. The van der Waals surface area contributed by atoms with Crippen molar-refractivity contribution in [1.82, 2.24) is 5.16 Å². The number of aryl methyl sites for hydroxylation is 1. The van der Waals surface area contributed by atoms with E-state index in [4.69, 9.17) is 4.52 Å². The first-order valence-electron chi connectivity index (χ1n) is 3.84. The molecular formula is C10H9NO. The Hall–Kier alpha value is -1.57. The Morgan fingerprint density at radius 2 is 1.92 bits per heavy atom. The highest BCUT2D eigenvalue weighted by atomic mass is 16.5. The fraction of sp³-hybridized carbons (Fsp3) is 0.100. The highest BCUT2D eigenvalue weighted by molar-refractivity contribution is 5.63. The van der Waals surface area contributed by atoms with Gasteiger partial charge >= 0.3 is 0 Å². The molecule has 2 heteroatoms. The number of aromatic nitrogens is 1. The number of rotatable bonds is 1. The van der Waals surface area contributed by atoms with Crippen LogP contribution in [0, 0.1) is 6.92 Å². The largest absolute Gasteiger partial charge is 0.364 e. The predicted molar refractivity (Wildman–Crippen MR) is 46.7 cm³/mol. The van der Waals surface area contributed by atoms with Gasteiger partial charge in [0.1, 0.15) is 6.26 Å². The molecule has 0 aliphatic heterocycles. The van der Waals surface area contributed by atoms with E-state index in [1.54, 1.807) is 6.26 Å². The molecule has 60 valence electrons. The zero-order valence-electron chi connectivity index (χ0n) is 6.82. The Labute approximate surface area is 70.8 Å². The summed E-state index contributed by atoms with van der Waals surface area (Å²) in [6.45, 7) is 1.94. The Morgan fingerprint density at radius 3 is 2.50 bits per heavy atom. The molecule has 0 saturated carbocycles. The van der Waals surface area contributed by atoms with Gasteiger partial charge in [-0.15, -0.1) is 0 Å². The summed E-state index contributed by atoms with van der Waals surface area (Å²) in [5.41, 5.74) is 3.15. The molecule has 0 N–H and O–H groups in total. The minimum absolute atomic E-state index is 0.932. The molecule has 1 aromatic heterocycles. The minimum atomic E-state index is 0.932. The molecule has 0 aliphatic rings. The summed E-state index contributed by atoms with van der Waals surface area (Å²) in [6.07, 6.45) is 1.67. The Morgan fingerprint density at radius 1 is 1.17 bits per heavy atom. The fourth-order valence-corrected chi connectivity index (χ4v) is 1.19. The van der Waals surface area contributed by atoms with Gasteiger partial charge in [0.15, 0.2) is 0 Å². The van der Waals surface area contributed by atoms with Gasteiger partial charge in [0, 0.05) is 5.56 Å². The minimum Gasteiger partial charge on any atom is -0.364 e. The van der Waals surface area contributed by atoms with Crippen LogP contribution in [0.4, 0.5) is 0 Å². The second kappa shape index (κ2) is 2.81. The van der Waals surface area contributed by atoms with Crippen molar-refractivity contribution >= 4 is 0 Å². The van der Waals surface area contributed by atoms with Crippen molar-refractivity contribution in [3.8, 4) is 11.1 Å². The molecule has 0 unspecified atom stereocenters. The van der Waals surface area contributed by atoms with Crippen molar-refractivity contribution in [2.45, 2.75) is 6.92 Å². The van der Waals surface area contributed by atoms with Crippen LogP contribution in [-0.4, -0.2) is 5.16 Å². The summed E-state index contributed by atoms with van der Waals surface area (Å²) >= 11 is 0. The zero-order valence-corrected chi connectivity index (χ0v) is 6.82. The Balaban J connectivity index is 2.51. The quantitative estimate of drug-likeness (QED) is 0.639. The van der Waals surface area contributed by atoms with Crippen molar-refractivity contribution in [3.63, 3.8) is 0 Å².